The number of aromatic nitrogens is 3. The number of anilines is 2. The van der Waals surface area contributed by atoms with Gasteiger partial charge in [0.1, 0.15) is 12.1 Å². The van der Waals surface area contributed by atoms with Crippen LogP contribution < -0.4 is 9.80 Å². The first kappa shape index (κ1) is 12.8. The van der Waals surface area contributed by atoms with Crippen molar-refractivity contribution >= 4 is 22.3 Å². The number of rotatable bonds is 3. The van der Waals surface area contributed by atoms with E-state index < -0.39 is 0 Å². The van der Waals surface area contributed by atoms with Crippen molar-refractivity contribution in [2.75, 3.05) is 36.0 Å². The fourth-order valence-electron chi connectivity index (χ4n) is 3.85. The Morgan fingerprint density at radius 3 is 2.41 bits per heavy atom. The van der Waals surface area contributed by atoms with E-state index in [4.69, 9.17) is 0 Å². The van der Waals surface area contributed by atoms with E-state index in [1.54, 1.807) is 17.7 Å². The number of hydrogen-bond donors (Lipinski definition) is 0. The summed E-state index contributed by atoms with van der Waals surface area (Å²) < 4.78 is 0. The predicted octanol–water partition coefficient (Wildman–Crippen LogP) is 2.38. The van der Waals surface area contributed by atoms with Gasteiger partial charge in [-0.1, -0.05) is 0 Å². The van der Waals surface area contributed by atoms with E-state index in [0.717, 1.165) is 43.8 Å². The van der Waals surface area contributed by atoms with E-state index in [-0.39, 0.29) is 0 Å². The molecule has 114 valence electrons. The molecule has 1 saturated carbocycles. The van der Waals surface area contributed by atoms with Crippen molar-refractivity contribution in [1.82, 2.24) is 15.0 Å². The van der Waals surface area contributed by atoms with Gasteiger partial charge in [-0.2, -0.15) is 0 Å². The number of fused-ring (bicyclic) bond motifs is 1. The van der Waals surface area contributed by atoms with Gasteiger partial charge in [0.25, 0.3) is 0 Å². The second kappa shape index (κ2) is 4.91. The third-order valence-corrected chi connectivity index (χ3v) is 6.00. The highest BCUT2D eigenvalue weighted by atomic mass is 32.1. The normalized spacial score (nSPS) is 27.5. The first-order chi connectivity index (χ1) is 10.9. The lowest BCUT2D eigenvalue weighted by Gasteiger charge is -2.22. The molecule has 0 radical (unpaired) electrons. The van der Waals surface area contributed by atoms with Crippen LogP contribution in [0, 0.1) is 11.8 Å². The molecule has 0 spiro atoms. The molecule has 2 saturated heterocycles. The van der Waals surface area contributed by atoms with Gasteiger partial charge in [-0.15, -0.1) is 11.3 Å². The van der Waals surface area contributed by atoms with Crippen LogP contribution in [0.3, 0.4) is 0 Å². The Hall–Kier alpha value is -1.69. The summed E-state index contributed by atoms with van der Waals surface area (Å²) in [4.78, 5) is 18.3. The van der Waals surface area contributed by atoms with E-state index in [2.05, 4.69) is 36.2 Å². The van der Waals surface area contributed by atoms with Crippen LogP contribution in [-0.4, -0.2) is 41.1 Å². The summed E-state index contributed by atoms with van der Waals surface area (Å²) in [6.45, 7) is 4.51. The van der Waals surface area contributed by atoms with Gasteiger partial charge >= 0.3 is 0 Å². The molecule has 0 aromatic carbocycles. The van der Waals surface area contributed by atoms with Crippen LogP contribution >= 0.6 is 11.3 Å². The van der Waals surface area contributed by atoms with Gasteiger partial charge < -0.3 is 9.80 Å². The van der Waals surface area contributed by atoms with Crippen molar-refractivity contribution in [2.45, 2.75) is 18.8 Å². The van der Waals surface area contributed by atoms with E-state index in [9.17, 15) is 0 Å². The van der Waals surface area contributed by atoms with Crippen LogP contribution in [0.2, 0.25) is 0 Å². The van der Waals surface area contributed by atoms with Crippen molar-refractivity contribution < 1.29 is 0 Å². The van der Waals surface area contributed by atoms with Gasteiger partial charge in [0.05, 0.1) is 0 Å². The summed E-state index contributed by atoms with van der Waals surface area (Å²) in [7, 11) is 0. The highest BCUT2D eigenvalue weighted by Gasteiger charge is 2.41. The van der Waals surface area contributed by atoms with E-state index in [0.29, 0.717) is 5.92 Å². The Balaban J connectivity index is 1.30. The van der Waals surface area contributed by atoms with Crippen LogP contribution in [0.1, 0.15) is 24.5 Å². The Bertz CT molecular complexity index is 655. The molecule has 2 unspecified atom stereocenters. The molecule has 2 atom stereocenters. The molecule has 4 heterocycles. The maximum Gasteiger partial charge on any atom is 0.185 e. The summed E-state index contributed by atoms with van der Waals surface area (Å²) in [6.07, 6.45) is 6.24. The Morgan fingerprint density at radius 2 is 1.73 bits per heavy atom. The van der Waals surface area contributed by atoms with Crippen molar-refractivity contribution in [3.8, 4) is 0 Å². The minimum absolute atomic E-state index is 0.698. The van der Waals surface area contributed by atoms with Gasteiger partial charge in [0.2, 0.25) is 0 Å². The molecule has 5 nitrogen and oxygen atoms in total. The second-order valence-corrected chi connectivity index (χ2v) is 7.59. The van der Waals surface area contributed by atoms with Crippen molar-refractivity contribution in [3.63, 3.8) is 0 Å². The smallest absolute Gasteiger partial charge is 0.185 e. The summed E-state index contributed by atoms with van der Waals surface area (Å²) in [5, 5.41) is 3.25. The minimum atomic E-state index is 0.698. The lowest BCUT2D eigenvalue weighted by molar-refractivity contribution is 0.533. The molecule has 0 N–H and O–H groups in total. The summed E-state index contributed by atoms with van der Waals surface area (Å²) in [5.74, 6) is 3.31. The molecular weight excluding hydrogens is 294 g/mol. The number of nitrogens with zero attached hydrogens (tertiary/aromatic N) is 5. The Kier molecular flexibility index (Phi) is 2.86. The van der Waals surface area contributed by atoms with Crippen LogP contribution in [-0.2, 0) is 0 Å². The van der Waals surface area contributed by atoms with Crippen LogP contribution in [0.25, 0.3) is 0 Å². The summed E-state index contributed by atoms with van der Waals surface area (Å²) >= 11 is 1.75. The fraction of sp³-hybridized carbons (Fsp3) is 0.562. The lowest BCUT2D eigenvalue weighted by Crippen LogP contribution is -2.29. The predicted molar refractivity (Wildman–Crippen MR) is 87.5 cm³/mol. The maximum absolute atomic E-state index is 4.52. The first-order valence-electron chi connectivity index (χ1n) is 8.08. The molecule has 2 aromatic heterocycles. The Labute approximate surface area is 134 Å². The first-order valence-corrected chi connectivity index (χ1v) is 8.96. The molecule has 2 aliphatic heterocycles. The second-order valence-electron chi connectivity index (χ2n) is 6.72. The molecule has 0 amide bonds. The minimum Gasteiger partial charge on any atom is -0.356 e. The number of thiazole rings is 1. The van der Waals surface area contributed by atoms with Crippen molar-refractivity contribution in [1.29, 1.82) is 0 Å². The molecule has 5 rings (SSSR count). The van der Waals surface area contributed by atoms with Crippen LogP contribution in [0.4, 0.5) is 10.9 Å². The topological polar surface area (TPSA) is 45.2 Å². The quantitative estimate of drug-likeness (QED) is 0.870. The highest BCUT2D eigenvalue weighted by molar-refractivity contribution is 7.13. The van der Waals surface area contributed by atoms with Crippen molar-refractivity contribution in [3.05, 3.63) is 29.7 Å². The highest BCUT2D eigenvalue weighted by Crippen LogP contribution is 2.40. The maximum atomic E-state index is 4.52. The van der Waals surface area contributed by atoms with Gasteiger partial charge in [-0.3, -0.25) is 0 Å². The zero-order valence-electron chi connectivity index (χ0n) is 12.4. The van der Waals surface area contributed by atoms with Gasteiger partial charge in [0, 0.05) is 67.3 Å². The average molecular weight is 313 g/mol. The summed E-state index contributed by atoms with van der Waals surface area (Å²) in [6, 6.07) is 2.22. The molecule has 22 heavy (non-hydrogen) atoms. The standard InChI is InChI=1S/C16H19N5S/c1-2-11(1)14-5-15(19-10-18-14)20-6-12-8-21(9-13(12)7-20)16-17-3-4-22-16/h3-5,10-13H,1-2,6-9H2. The molecule has 1 aliphatic carbocycles. The average Bonchev–Trinajstić information content (AvgIpc) is 2.95. The largest absolute Gasteiger partial charge is 0.356 e. The van der Waals surface area contributed by atoms with Gasteiger partial charge in [0.15, 0.2) is 5.13 Å². The zero-order valence-corrected chi connectivity index (χ0v) is 13.2. The molecule has 2 aromatic rings. The van der Waals surface area contributed by atoms with E-state index in [1.165, 1.54) is 23.7 Å². The van der Waals surface area contributed by atoms with Gasteiger partial charge in [-0.25, -0.2) is 15.0 Å². The molecule has 0 bridgehead atoms. The van der Waals surface area contributed by atoms with Crippen LogP contribution in [0.5, 0.6) is 0 Å². The lowest BCUT2D eigenvalue weighted by atomic mass is 10.0. The van der Waals surface area contributed by atoms with Gasteiger partial charge in [-0.05, 0) is 12.8 Å². The summed E-state index contributed by atoms with van der Waals surface area (Å²) in [5.41, 5.74) is 1.24. The third kappa shape index (κ3) is 2.17. The molecule has 3 aliphatic rings. The SMILES string of the molecule is c1nc(C2CC2)cc(N2CC3CN(c4nccs4)CC3C2)n1. The zero-order chi connectivity index (χ0) is 14.5. The third-order valence-electron chi connectivity index (χ3n) is 5.17. The van der Waals surface area contributed by atoms with Crippen LogP contribution in [0.15, 0.2) is 24.0 Å². The van der Waals surface area contributed by atoms with E-state index >= 15 is 0 Å². The fourth-order valence-corrected chi connectivity index (χ4v) is 4.51. The van der Waals surface area contributed by atoms with E-state index in [1.807, 2.05) is 6.20 Å². The van der Waals surface area contributed by atoms with Crippen molar-refractivity contribution in [2.24, 2.45) is 11.8 Å². The molecule has 6 heteroatoms. The molecule has 3 fully saturated rings. The molecular formula is C16H19N5S. The Morgan fingerprint density at radius 1 is 0.955 bits per heavy atom. The monoisotopic (exact) mass is 313 g/mol. The number of hydrogen-bond acceptors (Lipinski definition) is 6.